The maximum Gasteiger partial charge on any atom is 0.416 e. The minimum Gasteiger partial charge on any atom is -0.363 e. The van der Waals surface area contributed by atoms with E-state index in [2.05, 4.69) is 5.32 Å². The first kappa shape index (κ1) is 22.0. The number of rotatable bonds is 7. The largest absolute Gasteiger partial charge is 0.416 e. The number of amides is 1. The van der Waals surface area contributed by atoms with Crippen LogP contribution in [-0.2, 0) is 22.3 Å². The molecule has 0 fully saturated rings. The number of ether oxygens (including phenoxy) is 1. The lowest BCUT2D eigenvalue weighted by Gasteiger charge is -2.24. The fourth-order valence-electron chi connectivity index (χ4n) is 2.78. The summed E-state index contributed by atoms with van der Waals surface area (Å²) in [7, 11) is 0. The van der Waals surface area contributed by atoms with Gasteiger partial charge in [0.2, 0.25) is 5.91 Å². The van der Waals surface area contributed by atoms with Crippen molar-refractivity contribution in [3.05, 3.63) is 70.8 Å². The second kappa shape index (κ2) is 9.24. The van der Waals surface area contributed by atoms with Crippen molar-refractivity contribution in [3.8, 4) is 0 Å². The summed E-state index contributed by atoms with van der Waals surface area (Å²) in [5, 5.41) is 2.95. The zero-order chi connectivity index (χ0) is 20.9. The first-order valence-electron chi connectivity index (χ1n) is 9.22. The van der Waals surface area contributed by atoms with Crippen molar-refractivity contribution in [1.82, 2.24) is 5.32 Å². The van der Waals surface area contributed by atoms with Gasteiger partial charge in [-0.3, -0.25) is 4.79 Å². The number of carbonyl (C=O) groups is 1. The minimum atomic E-state index is -4.37. The van der Waals surface area contributed by atoms with E-state index in [1.165, 1.54) is 12.1 Å². The Morgan fingerprint density at radius 2 is 1.57 bits per heavy atom. The average Bonchev–Trinajstić information content (AvgIpc) is 2.61. The molecule has 0 aliphatic heterocycles. The average molecular weight is 393 g/mol. The molecule has 3 nitrogen and oxygen atoms in total. The fraction of sp³-hybridized carbons (Fsp3) is 0.409. The molecule has 2 unspecified atom stereocenters. The van der Waals surface area contributed by atoms with E-state index in [0.717, 1.165) is 23.3 Å². The van der Waals surface area contributed by atoms with E-state index in [-0.39, 0.29) is 24.5 Å². The van der Waals surface area contributed by atoms with E-state index in [1.807, 2.05) is 52.0 Å². The molecule has 0 aliphatic rings. The van der Waals surface area contributed by atoms with Crippen molar-refractivity contribution in [1.29, 1.82) is 0 Å². The van der Waals surface area contributed by atoms with Crippen molar-refractivity contribution >= 4 is 5.91 Å². The molecular weight excluding hydrogens is 367 g/mol. The van der Waals surface area contributed by atoms with Crippen molar-refractivity contribution in [2.24, 2.45) is 5.92 Å². The molecule has 0 spiro atoms. The number of hydrogen-bond donors (Lipinski definition) is 1. The van der Waals surface area contributed by atoms with E-state index in [4.69, 9.17) is 4.74 Å². The predicted octanol–water partition coefficient (Wildman–Crippen LogP) is 5.43. The smallest absolute Gasteiger partial charge is 0.363 e. The van der Waals surface area contributed by atoms with E-state index < -0.39 is 17.8 Å². The van der Waals surface area contributed by atoms with Crippen LogP contribution in [0.15, 0.2) is 48.5 Å². The Bertz CT molecular complexity index is 768. The summed E-state index contributed by atoms with van der Waals surface area (Å²) in [6, 6.07) is 12.5. The van der Waals surface area contributed by atoms with Crippen molar-refractivity contribution in [3.63, 3.8) is 0 Å². The first-order valence-corrected chi connectivity index (χ1v) is 9.22. The molecule has 28 heavy (non-hydrogen) atoms. The quantitative estimate of drug-likeness (QED) is 0.681. The van der Waals surface area contributed by atoms with Crippen LogP contribution in [0.1, 0.15) is 49.1 Å². The Balaban J connectivity index is 1.98. The second-order valence-corrected chi connectivity index (χ2v) is 7.31. The highest BCUT2D eigenvalue weighted by atomic mass is 19.4. The molecule has 2 aromatic carbocycles. The SMILES string of the molecule is Cc1ccc(C(C)NC(=O)C(OCc2ccc(C(F)(F)F)cc2)C(C)C)cc1. The van der Waals surface area contributed by atoms with Gasteiger partial charge in [-0.25, -0.2) is 0 Å². The Morgan fingerprint density at radius 3 is 2.07 bits per heavy atom. The Morgan fingerprint density at radius 1 is 1.00 bits per heavy atom. The lowest BCUT2D eigenvalue weighted by Crippen LogP contribution is -2.40. The second-order valence-electron chi connectivity index (χ2n) is 7.31. The zero-order valence-electron chi connectivity index (χ0n) is 16.5. The number of hydrogen-bond acceptors (Lipinski definition) is 2. The van der Waals surface area contributed by atoms with Gasteiger partial charge >= 0.3 is 6.18 Å². The van der Waals surface area contributed by atoms with Gasteiger partial charge in [-0.15, -0.1) is 0 Å². The maximum atomic E-state index is 12.7. The van der Waals surface area contributed by atoms with Crippen LogP contribution in [0.5, 0.6) is 0 Å². The summed E-state index contributed by atoms with van der Waals surface area (Å²) in [5.74, 6) is -0.324. The molecule has 1 N–H and O–H groups in total. The van der Waals surface area contributed by atoms with Crippen molar-refractivity contribution in [2.45, 2.75) is 52.6 Å². The summed E-state index contributed by atoms with van der Waals surface area (Å²) in [5.41, 5.74) is 2.01. The molecule has 0 aromatic heterocycles. The van der Waals surface area contributed by atoms with Gasteiger partial charge in [-0.1, -0.05) is 55.8 Å². The fourth-order valence-corrected chi connectivity index (χ4v) is 2.78. The van der Waals surface area contributed by atoms with Gasteiger partial charge < -0.3 is 10.1 Å². The molecule has 0 bridgehead atoms. The summed E-state index contributed by atoms with van der Waals surface area (Å²) >= 11 is 0. The van der Waals surface area contributed by atoms with Gasteiger partial charge in [0.25, 0.3) is 0 Å². The molecule has 0 aliphatic carbocycles. The highest BCUT2D eigenvalue weighted by Gasteiger charge is 2.30. The molecular formula is C22H26F3NO2. The summed E-state index contributed by atoms with van der Waals surface area (Å²) in [4.78, 5) is 12.7. The minimum absolute atomic E-state index is 0.0628. The summed E-state index contributed by atoms with van der Waals surface area (Å²) < 4.78 is 43.7. The van der Waals surface area contributed by atoms with Gasteiger partial charge in [-0.05, 0) is 43.0 Å². The molecule has 0 saturated carbocycles. The van der Waals surface area contributed by atoms with E-state index in [9.17, 15) is 18.0 Å². The van der Waals surface area contributed by atoms with Gasteiger partial charge in [0.15, 0.2) is 0 Å². The van der Waals surface area contributed by atoms with Gasteiger partial charge in [0.05, 0.1) is 18.2 Å². The molecule has 6 heteroatoms. The molecule has 0 heterocycles. The number of alkyl halides is 3. The molecule has 152 valence electrons. The molecule has 2 rings (SSSR count). The zero-order valence-corrected chi connectivity index (χ0v) is 16.5. The standard InChI is InChI=1S/C22H26F3NO2/c1-14(2)20(21(27)26-16(4)18-9-5-15(3)6-10-18)28-13-17-7-11-19(12-8-17)22(23,24)25/h5-12,14,16,20H,13H2,1-4H3,(H,26,27). The topological polar surface area (TPSA) is 38.3 Å². The Kier molecular flexibility index (Phi) is 7.24. The predicted molar refractivity (Wildman–Crippen MR) is 103 cm³/mol. The lowest BCUT2D eigenvalue weighted by atomic mass is 10.0. The highest BCUT2D eigenvalue weighted by Crippen LogP contribution is 2.29. The molecule has 0 saturated heterocycles. The third-order valence-corrected chi connectivity index (χ3v) is 4.51. The maximum absolute atomic E-state index is 12.7. The third-order valence-electron chi connectivity index (χ3n) is 4.51. The molecule has 2 aromatic rings. The third kappa shape index (κ3) is 6.09. The number of halogens is 3. The van der Waals surface area contributed by atoms with Crippen LogP contribution < -0.4 is 5.32 Å². The van der Waals surface area contributed by atoms with Gasteiger partial charge in [-0.2, -0.15) is 13.2 Å². The summed E-state index contributed by atoms with van der Waals surface area (Å²) in [6.45, 7) is 7.70. The van der Waals surface area contributed by atoms with Crippen LogP contribution in [0.2, 0.25) is 0 Å². The van der Waals surface area contributed by atoms with E-state index in [1.54, 1.807) is 0 Å². The van der Waals surface area contributed by atoms with Crippen LogP contribution in [0, 0.1) is 12.8 Å². The van der Waals surface area contributed by atoms with E-state index >= 15 is 0 Å². The van der Waals surface area contributed by atoms with Gasteiger partial charge in [0, 0.05) is 0 Å². The summed E-state index contributed by atoms with van der Waals surface area (Å²) in [6.07, 6.45) is -5.07. The van der Waals surface area contributed by atoms with Crippen molar-refractivity contribution in [2.75, 3.05) is 0 Å². The van der Waals surface area contributed by atoms with Crippen LogP contribution in [0.3, 0.4) is 0 Å². The highest BCUT2D eigenvalue weighted by molar-refractivity contribution is 5.81. The lowest BCUT2D eigenvalue weighted by molar-refractivity contribution is -0.137. The van der Waals surface area contributed by atoms with Crippen LogP contribution in [0.25, 0.3) is 0 Å². The number of aryl methyl sites for hydroxylation is 1. The van der Waals surface area contributed by atoms with Crippen LogP contribution in [-0.4, -0.2) is 12.0 Å². The number of carbonyl (C=O) groups excluding carboxylic acids is 1. The van der Waals surface area contributed by atoms with E-state index in [0.29, 0.717) is 5.56 Å². The Hall–Kier alpha value is -2.34. The molecule has 1 amide bonds. The van der Waals surface area contributed by atoms with Crippen LogP contribution in [0.4, 0.5) is 13.2 Å². The van der Waals surface area contributed by atoms with Crippen LogP contribution >= 0.6 is 0 Å². The first-order chi connectivity index (χ1) is 13.1. The van der Waals surface area contributed by atoms with Gasteiger partial charge in [0.1, 0.15) is 6.10 Å². The number of benzene rings is 2. The normalized spacial score (nSPS) is 14.0. The van der Waals surface area contributed by atoms with Crippen molar-refractivity contribution < 1.29 is 22.7 Å². The Labute approximate surface area is 163 Å². The monoisotopic (exact) mass is 393 g/mol. The number of nitrogens with one attached hydrogen (secondary N) is 1. The molecule has 0 radical (unpaired) electrons. The molecule has 2 atom stereocenters.